The van der Waals surface area contributed by atoms with Crippen molar-refractivity contribution in [3.05, 3.63) is 117 Å². The molecule has 4 heterocycles. The molecule has 7 rings (SSSR count). The first kappa shape index (κ1) is 25.3. The van der Waals surface area contributed by atoms with Crippen molar-refractivity contribution >= 4 is 28.1 Å². The summed E-state index contributed by atoms with van der Waals surface area (Å²) in [6.07, 6.45) is 8.33. The Labute approximate surface area is 240 Å². The van der Waals surface area contributed by atoms with Crippen LogP contribution in [0.3, 0.4) is 0 Å². The third-order valence-corrected chi connectivity index (χ3v) is 7.67. The average molecular weight is 555 g/mol. The summed E-state index contributed by atoms with van der Waals surface area (Å²) in [5, 5.41) is 13.0. The van der Waals surface area contributed by atoms with Crippen LogP contribution in [0.4, 0.5) is 5.82 Å². The Morgan fingerprint density at radius 1 is 1.07 bits per heavy atom. The Hall–Kier alpha value is -5.69. The third-order valence-electron chi connectivity index (χ3n) is 7.67. The number of hydrogen-bond acceptors (Lipinski definition) is 6. The summed E-state index contributed by atoms with van der Waals surface area (Å²) in [4.78, 5) is 32.4. The molecule has 1 amide bonds. The van der Waals surface area contributed by atoms with Crippen molar-refractivity contribution in [3.8, 4) is 17.5 Å². The van der Waals surface area contributed by atoms with Crippen LogP contribution in [0.5, 0.6) is 0 Å². The molecule has 3 N–H and O–H groups in total. The molecule has 0 bridgehead atoms. The number of pyridine rings is 1. The summed E-state index contributed by atoms with van der Waals surface area (Å²) < 4.78 is 4.88. The number of benzene rings is 2. The Morgan fingerprint density at radius 2 is 1.90 bits per heavy atom. The Bertz CT molecular complexity index is 2160. The summed E-state index contributed by atoms with van der Waals surface area (Å²) in [7, 11) is 1.84. The molecule has 1 aliphatic carbocycles. The van der Waals surface area contributed by atoms with Crippen LogP contribution < -0.4 is 16.6 Å². The van der Waals surface area contributed by atoms with Crippen LogP contribution >= 0.6 is 0 Å². The number of nitrogens with zero attached hydrogens (tertiary/aromatic N) is 6. The van der Waals surface area contributed by atoms with Gasteiger partial charge in [-0.1, -0.05) is 36.1 Å². The minimum atomic E-state index is -0.543. The molecule has 0 saturated heterocycles. The SMILES string of the molecule is CC(NC(=O)c1c(N)nn2cccnc12)c1c2c3c(ccc(C#Cc4cnn(C)c4)c3c(=O)n1-c1ccccc1)CC2. The van der Waals surface area contributed by atoms with Crippen molar-refractivity contribution in [3.63, 3.8) is 0 Å². The van der Waals surface area contributed by atoms with Gasteiger partial charge in [0.1, 0.15) is 5.56 Å². The van der Waals surface area contributed by atoms with E-state index < -0.39 is 11.9 Å². The second-order valence-corrected chi connectivity index (χ2v) is 10.4. The van der Waals surface area contributed by atoms with Gasteiger partial charge in [0.25, 0.3) is 11.5 Å². The van der Waals surface area contributed by atoms with Crippen molar-refractivity contribution in [2.75, 3.05) is 5.73 Å². The largest absolute Gasteiger partial charge is 0.381 e. The lowest BCUT2D eigenvalue weighted by Crippen LogP contribution is -2.33. The quantitative estimate of drug-likeness (QED) is 0.322. The molecular formula is C32H26N8O2. The van der Waals surface area contributed by atoms with Gasteiger partial charge in [-0.3, -0.25) is 18.8 Å². The Balaban J connectivity index is 1.42. The third kappa shape index (κ3) is 4.02. The van der Waals surface area contributed by atoms with E-state index in [9.17, 15) is 9.59 Å². The molecule has 0 saturated carbocycles. The van der Waals surface area contributed by atoms with E-state index in [2.05, 4.69) is 38.4 Å². The summed E-state index contributed by atoms with van der Waals surface area (Å²) in [6, 6.07) is 14.6. The van der Waals surface area contributed by atoms with E-state index in [1.807, 2.05) is 56.6 Å². The zero-order valence-electron chi connectivity index (χ0n) is 23.0. The molecule has 0 radical (unpaired) electrons. The molecule has 42 heavy (non-hydrogen) atoms. The fourth-order valence-corrected chi connectivity index (χ4v) is 5.89. The van der Waals surface area contributed by atoms with Gasteiger partial charge in [-0.2, -0.15) is 5.10 Å². The second kappa shape index (κ2) is 9.74. The van der Waals surface area contributed by atoms with Gasteiger partial charge >= 0.3 is 0 Å². The average Bonchev–Trinajstić information content (AvgIpc) is 3.70. The zero-order chi connectivity index (χ0) is 29.0. The highest BCUT2D eigenvalue weighted by Crippen LogP contribution is 2.36. The van der Waals surface area contributed by atoms with Gasteiger partial charge in [0, 0.05) is 36.9 Å². The molecule has 206 valence electrons. The number of aryl methyl sites for hydroxylation is 3. The molecule has 4 aromatic heterocycles. The first-order valence-electron chi connectivity index (χ1n) is 13.6. The Morgan fingerprint density at radius 3 is 2.69 bits per heavy atom. The first-order chi connectivity index (χ1) is 20.4. The number of fused-ring (bicyclic) bond motifs is 1. The predicted octanol–water partition coefficient (Wildman–Crippen LogP) is 3.34. The minimum absolute atomic E-state index is 0.0843. The first-order valence-corrected chi connectivity index (χ1v) is 13.6. The van der Waals surface area contributed by atoms with Gasteiger partial charge in [0.05, 0.1) is 28.9 Å². The highest BCUT2D eigenvalue weighted by atomic mass is 16.2. The Kier molecular flexibility index (Phi) is 5.87. The monoisotopic (exact) mass is 554 g/mol. The number of nitrogens with one attached hydrogen (secondary N) is 1. The van der Waals surface area contributed by atoms with Gasteiger partial charge in [-0.05, 0) is 60.5 Å². The van der Waals surface area contributed by atoms with Crippen LogP contribution in [0.2, 0.25) is 0 Å². The molecule has 10 nitrogen and oxygen atoms in total. The van der Waals surface area contributed by atoms with Gasteiger partial charge in [-0.15, -0.1) is 5.10 Å². The molecule has 1 aliphatic rings. The summed E-state index contributed by atoms with van der Waals surface area (Å²) in [5.41, 5.74) is 11.5. The number of amides is 1. The standard InChI is InChI=1S/C32H26N8O2/c1-19(36-31(41)27-29(33)37-39-16-6-15-34-30(27)39)28-24-14-13-21-11-12-22(10-9-20-17-35-38(2)18-20)26(25(21)24)32(42)40(28)23-7-4-3-5-8-23/h3-8,11-12,15-19H,13-14H2,1-2H3,(H2,33,37)(H,36,41). The number of rotatable bonds is 4. The van der Waals surface area contributed by atoms with Crippen LogP contribution in [0.15, 0.2) is 78.1 Å². The van der Waals surface area contributed by atoms with Crippen molar-refractivity contribution < 1.29 is 4.79 Å². The number of aromatic nitrogens is 6. The van der Waals surface area contributed by atoms with Crippen molar-refractivity contribution in [2.24, 2.45) is 7.05 Å². The summed E-state index contributed by atoms with van der Waals surface area (Å²) >= 11 is 0. The van der Waals surface area contributed by atoms with Gasteiger partial charge < -0.3 is 11.1 Å². The molecule has 0 fully saturated rings. The maximum atomic E-state index is 14.5. The number of hydrogen-bond donors (Lipinski definition) is 2. The molecule has 6 aromatic rings. The van der Waals surface area contributed by atoms with Gasteiger partial charge in [-0.25, -0.2) is 9.50 Å². The number of anilines is 1. The predicted molar refractivity (Wildman–Crippen MR) is 159 cm³/mol. The van der Waals surface area contributed by atoms with Crippen LogP contribution in [-0.2, 0) is 19.9 Å². The lowest BCUT2D eigenvalue weighted by atomic mass is 9.97. The van der Waals surface area contributed by atoms with E-state index in [1.165, 1.54) is 4.52 Å². The van der Waals surface area contributed by atoms with E-state index in [0.29, 0.717) is 22.3 Å². The highest BCUT2D eigenvalue weighted by Gasteiger charge is 2.30. The van der Waals surface area contributed by atoms with Crippen LogP contribution in [0, 0.1) is 11.8 Å². The molecule has 1 atom stereocenters. The van der Waals surface area contributed by atoms with Crippen molar-refractivity contribution in [2.45, 2.75) is 25.8 Å². The molecule has 10 heteroatoms. The van der Waals surface area contributed by atoms with Crippen LogP contribution in [0.25, 0.3) is 22.1 Å². The van der Waals surface area contributed by atoms with Crippen LogP contribution in [-0.4, -0.2) is 34.9 Å². The number of para-hydroxylation sites is 1. The van der Waals surface area contributed by atoms with E-state index in [-0.39, 0.29) is 16.9 Å². The van der Waals surface area contributed by atoms with Crippen molar-refractivity contribution in [1.82, 2.24) is 34.3 Å². The topological polar surface area (TPSA) is 125 Å². The van der Waals surface area contributed by atoms with Crippen molar-refractivity contribution in [1.29, 1.82) is 0 Å². The van der Waals surface area contributed by atoms with Gasteiger partial charge in [0.15, 0.2) is 11.5 Å². The van der Waals surface area contributed by atoms with E-state index in [1.54, 1.807) is 33.9 Å². The molecule has 2 aromatic carbocycles. The molecule has 0 aliphatic heterocycles. The maximum Gasteiger partial charge on any atom is 0.264 e. The minimum Gasteiger partial charge on any atom is -0.381 e. The fourth-order valence-electron chi connectivity index (χ4n) is 5.89. The lowest BCUT2D eigenvalue weighted by molar-refractivity contribution is 0.0941. The summed E-state index contributed by atoms with van der Waals surface area (Å²) in [6.45, 7) is 1.88. The number of nitrogens with two attached hydrogens (primary N) is 1. The number of carbonyl (C=O) groups is 1. The van der Waals surface area contributed by atoms with E-state index in [0.717, 1.165) is 40.6 Å². The molecule has 0 spiro atoms. The van der Waals surface area contributed by atoms with E-state index >= 15 is 0 Å². The van der Waals surface area contributed by atoms with E-state index in [4.69, 9.17) is 5.73 Å². The number of nitrogen functional groups attached to an aromatic ring is 1. The number of carbonyl (C=O) groups excluding carboxylic acids is 1. The summed E-state index contributed by atoms with van der Waals surface area (Å²) in [5.74, 6) is 6.05. The zero-order valence-corrected chi connectivity index (χ0v) is 23.0. The fraction of sp³-hybridized carbons (Fsp3) is 0.156. The maximum absolute atomic E-state index is 14.5. The second-order valence-electron chi connectivity index (χ2n) is 10.4. The smallest absolute Gasteiger partial charge is 0.264 e. The normalized spacial score (nSPS) is 12.8. The molecular weight excluding hydrogens is 528 g/mol. The van der Waals surface area contributed by atoms with Gasteiger partial charge in [0.2, 0.25) is 0 Å². The lowest BCUT2D eigenvalue weighted by Gasteiger charge is -2.24. The highest BCUT2D eigenvalue weighted by molar-refractivity contribution is 6.04. The molecule has 1 unspecified atom stereocenters. The van der Waals surface area contributed by atoms with Crippen LogP contribution in [0.1, 0.15) is 51.3 Å².